The van der Waals surface area contributed by atoms with Crippen LogP contribution in [0.2, 0.25) is 0 Å². The molecule has 0 aliphatic heterocycles. The lowest BCUT2D eigenvalue weighted by Gasteiger charge is -2.09. The molecule has 0 unspecified atom stereocenters. The number of aryl methyl sites for hydroxylation is 2. The van der Waals surface area contributed by atoms with Crippen LogP contribution in [0.3, 0.4) is 0 Å². The van der Waals surface area contributed by atoms with Crippen LogP contribution in [-0.2, 0) is 11.2 Å². The van der Waals surface area contributed by atoms with Gasteiger partial charge in [-0.1, -0.05) is 38.1 Å². The number of amides is 1. The molecule has 0 aliphatic rings. The highest BCUT2D eigenvalue weighted by molar-refractivity contribution is 5.91. The van der Waals surface area contributed by atoms with Gasteiger partial charge in [0.2, 0.25) is 5.91 Å². The molecule has 7 heteroatoms. The lowest BCUT2D eigenvalue weighted by molar-refractivity contribution is -0.116. The van der Waals surface area contributed by atoms with E-state index >= 15 is 0 Å². The minimum Gasteiger partial charge on any atom is -0.326 e. The standard InChI is InChI=1S/C20H22FN5O/c1-13(2)16-7-4-15(5-8-16)6-11-20(27)22-17-9-10-18(21)19(12-17)26-14(3)23-24-25-26/h4-5,7-10,12-13H,6,11H2,1-3H3,(H,22,27). The van der Waals surface area contributed by atoms with E-state index in [0.717, 1.165) is 5.56 Å². The quantitative estimate of drug-likeness (QED) is 0.719. The van der Waals surface area contributed by atoms with Gasteiger partial charge in [-0.2, -0.15) is 4.68 Å². The number of nitrogens with one attached hydrogen (secondary N) is 1. The van der Waals surface area contributed by atoms with Crippen LogP contribution in [0.1, 0.15) is 43.1 Å². The summed E-state index contributed by atoms with van der Waals surface area (Å²) in [4.78, 5) is 12.3. The molecule has 1 heterocycles. The maximum Gasteiger partial charge on any atom is 0.224 e. The molecule has 140 valence electrons. The molecule has 6 nitrogen and oxygen atoms in total. The van der Waals surface area contributed by atoms with Gasteiger partial charge in [-0.05, 0) is 59.0 Å². The van der Waals surface area contributed by atoms with E-state index in [9.17, 15) is 9.18 Å². The summed E-state index contributed by atoms with van der Waals surface area (Å²) in [5.74, 6) is 0.351. The van der Waals surface area contributed by atoms with Gasteiger partial charge in [0, 0.05) is 12.1 Å². The number of tetrazole rings is 1. The normalized spacial score (nSPS) is 11.0. The van der Waals surface area contributed by atoms with Crippen LogP contribution in [0.15, 0.2) is 42.5 Å². The second kappa shape index (κ2) is 8.07. The topological polar surface area (TPSA) is 72.7 Å². The third kappa shape index (κ3) is 4.55. The second-order valence-corrected chi connectivity index (χ2v) is 6.75. The van der Waals surface area contributed by atoms with Crippen molar-refractivity contribution >= 4 is 11.6 Å². The molecule has 3 aromatic rings. The Kier molecular flexibility index (Phi) is 5.59. The molecule has 3 rings (SSSR count). The fourth-order valence-electron chi connectivity index (χ4n) is 2.76. The number of halogens is 1. The van der Waals surface area contributed by atoms with Crippen LogP contribution in [0.25, 0.3) is 5.69 Å². The lowest BCUT2D eigenvalue weighted by Crippen LogP contribution is -2.13. The molecule has 0 atom stereocenters. The van der Waals surface area contributed by atoms with Crippen molar-refractivity contribution in [1.29, 1.82) is 0 Å². The average molecular weight is 367 g/mol. The number of rotatable bonds is 6. The van der Waals surface area contributed by atoms with E-state index in [-0.39, 0.29) is 11.6 Å². The number of carbonyl (C=O) groups is 1. The van der Waals surface area contributed by atoms with Gasteiger partial charge in [0.1, 0.15) is 11.5 Å². The molecule has 0 saturated heterocycles. The monoisotopic (exact) mass is 367 g/mol. The van der Waals surface area contributed by atoms with E-state index in [0.29, 0.717) is 30.3 Å². The van der Waals surface area contributed by atoms with Gasteiger partial charge in [-0.25, -0.2) is 4.39 Å². The third-order valence-corrected chi connectivity index (χ3v) is 4.37. The molecule has 1 N–H and O–H groups in total. The second-order valence-electron chi connectivity index (χ2n) is 6.75. The van der Waals surface area contributed by atoms with Gasteiger partial charge >= 0.3 is 0 Å². The largest absolute Gasteiger partial charge is 0.326 e. The van der Waals surface area contributed by atoms with E-state index in [1.165, 1.54) is 28.4 Å². The Morgan fingerprint density at radius 1 is 1.19 bits per heavy atom. The Balaban J connectivity index is 1.63. The van der Waals surface area contributed by atoms with Crippen LogP contribution in [0.5, 0.6) is 0 Å². The van der Waals surface area contributed by atoms with Crippen molar-refractivity contribution in [3.05, 3.63) is 65.2 Å². The van der Waals surface area contributed by atoms with Crippen LogP contribution in [0.4, 0.5) is 10.1 Å². The first-order valence-electron chi connectivity index (χ1n) is 8.87. The van der Waals surface area contributed by atoms with Crippen molar-refractivity contribution in [2.75, 3.05) is 5.32 Å². The molecule has 0 aliphatic carbocycles. The van der Waals surface area contributed by atoms with E-state index < -0.39 is 5.82 Å². The molecule has 0 saturated carbocycles. The number of hydrogen-bond acceptors (Lipinski definition) is 4. The smallest absolute Gasteiger partial charge is 0.224 e. The Morgan fingerprint density at radius 2 is 1.93 bits per heavy atom. The maximum absolute atomic E-state index is 14.1. The van der Waals surface area contributed by atoms with Gasteiger partial charge in [-0.3, -0.25) is 4.79 Å². The number of carbonyl (C=O) groups excluding carboxylic acids is 1. The van der Waals surface area contributed by atoms with Crippen molar-refractivity contribution in [2.45, 2.75) is 39.5 Å². The average Bonchev–Trinajstić information content (AvgIpc) is 3.07. The van der Waals surface area contributed by atoms with E-state index in [1.807, 2.05) is 0 Å². The van der Waals surface area contributed by atoms with Crippen LogP contribution >= 0.6 is 0 Å². The van der Waals surface area contributed by atoms with Crippen LogP contribution < -0.4 is 5.32 Å². The van der Waals surface area contributed by atoms with Gasteiger partial charge in [-0.15, -0.1) is 5.10 Å². The molecular weight excluding hydrogens is 345 g/mol. The van der Waals surface area contributed by atoms with Gasteiger partial charge < -0.3 is 5.32 Å². The summed E-state index contributed by atoms with van der Waals surface area (Å²) in [5.41, 5.74) is 3.08. The molecule has 2 aromatic carbocycles. The Bertz CT molecular complexity index is 934. The molecule has 0 fully saturated rings. The van der Waals surface area contributed by atoms with Crippen molar-refractivity contribution < 1.29 is 9.18 Å². The van der Waals surface area contributed by atoms with Gasteiger partial charge in [0.25, 0.3) is 0 Å². The van der Waals surface area contributed by atoms with Crippen molar-refractivity contribution in [1.82, 2.24) is 20.2 Å². The molecule has 0 spiro atoms. The first-order valence-corrected chi connectivity index (χ1v) is 8.87. The summed E-state index contributed by atoms with van der Waals surface area (Å²) < 4.78 is 15.4. The summed E-state index contributed by atoms with van der Waals surface area (Å²) in [6.45, 7) is 5.97. The predicted octanol–water partition coefficient (Wildman–Crippen LogP) is 3.80. The Hall–Kier alpha value is -3.09. The summed E-state index contributed by atoms with van der Waals surface area (Å²) in [6, 6.07) is 12.6. The zero-order valence-corrected chi connectivity index (χ0v) is 15.6. The highest BCUT2D eigenvalue weighted by Gasteiger charge is 2.12. The zero-order valence-electron chi connectivity index (χ0n) is 15.6. The highest BCUT2D eigenvalue weighted by atomic mass is 19.1. The molecule has 0 radical (unpaired) electrons. The molecule has 0 bridgehead atoms. The minimum atomic E-state index is -0.464. The van der Waals surface area contributed by atoms with Crippen LogP contribution in [-0.4, -0.2) is 26.1 Å². The number of benzene rings is 2. The number of hydrogen-bond donors (Lipinski definition) is 1. The van der Waals surface area contributed by atoms with Crippen molar-refractivity contribution in [3.63, 3.8) is 0 Å². The first-order chi connectivity index (χ1) is 12.9. The van der Waals surface area contributed by atoms with E-state index in [2.05, 4.69) is 59.0 Å². The number of nitrogens with zero attached hydrogens (tertiary/aromatic N) is 4. The molecular formula is C20H22FN5O. The van der Waals surface area contributed by atoms with Gasteiger partial charge in [0.05, 0.1) is 0 Å². The van der Waals surface area contributed by atoms with Crippen LogP contribution in [0, 0.1) is 12.7 Å². The number of aromatic nitrogens is 4. The summed E-state index contributed by atoms with van der Waals surface area (Å²) in [5, 5.41) is 13.8. The zero-order chi connectivity index (χ0) is 19.4. The van der Waals surface area contributed by atoms with Crippen molar-refractivity contribution in [2.24, 2.45) is 0 Å². The van der Waals surface area contributed by atoms with E-state index in [4.69, 9.17) is 0 Å². The first kappa shape index (κ1) is 18.7. The minimum absolute atomic E-state index is 0.131. The van der Waals surface area contributed by atoms with Crippen molar-refractivity contribution in [3.8, 4) is 5.69 Å². The Morgan fingerprint density at radius 3 is 2.56 bits per heavy atom. The molecule has 1 aromatic heterocycles. The Labute approximate surface area is 157 Å². The SMILES string of the molecule is Cc1nnnn1-c1cc(NC(=O)CCc2ccc(C(C)C)cc2)ccc1F. The summed E-state index contributed by atoms with van der Waals surface area (Å²) in [6.07, 6.45) is 0.988. The van der Waals surface area contributed by atoms with Gasteiger partial charge in [0.15, 0.2) is 5.82 Å². The fraction of sp³-hybridized carbons (Fsp3) is 0.300. The maximum atomic E-state index is 14.1. The third-order valence-electron chi connectivity index (χ3n) is 4.37. The summed E-state index contributed by atoms with van der Waals surface area (Å²) >= 11 is 0. The fourth-order valence-corrected chi connectivity index (χ4v) is 2.76. The molecule has 1 amide bonds. The number of anilines is 1. The predicted molar refractivity (Wildman–Crippen MR) is 101 cm³/mol. The molecule has 27 heavy (non-hydrogen) atoms. The summed E-state index contributed by atoms with van der Waals surface area (Å²) in [7, 11) is 0. The van der Waals surface area contributed by atoms with E-state index in [1.54, 1.807) is 6.92 Å². The lowest BCUT2D eigenvalue weighted by atomic mass is 10.0. The highest BCUT2D eigenvalue weighted by Crippen LogP contribution is 2.19.